The largest absolute Gasteiger partial charge is 0.456 e. The molecule has 29 heavy (non-hydrogen) atoms. The Bertz CT molecular complexity index is 1150. The van der Waals surface area contributed by atoms with Crippen LogP contribution in [0.15, 0.2) is 41.3 Å². The highest BCUT2D eigenvalue weighted by molar-refractivity contribution is 7.92. The highest BCUT2D eigenvalue weighted by atomic mass is 35.5. The number of carbonyl (C=O) groups is 1. The van der Waals surface area contributed by atoms with Crippen molar-refractivity contribution in [2.45, 2.75) is 24.0 Å². The number of rotatable bonds is 8. The lowest BCUT2D eigenvalue weighted by Crippen LogP contribution is -2.29. The van der Waals surface area contributed by atoms with Gasteiger partial charge in [0.15, 0.2) is 24.9 Å². The van der Waals surface area contributed by atoms with Crippen molar-refractivity contribution in [2.75, 3.05) is 11.5 Å². The van der Waals surface area contributed by atoms with E-state index in [9.17, 15) is 21.6 Å². The van der Waals surface area contributed by atoms with Gasteiger partial charge in [-0.15, -0.1) is 0 Å². The molecule has 0 heterocycles. The minimum atomic E-state index is -3.83. The Balaban J connectivity index is 2.47. The van der Waals surface area contributed by atoms with Gasteiger partial charge >= 0.3 is 0 Å². The Hall–Kier alpha value is -1.81. The minimum absolute atomic E-state index is 0.0358. The lowest BCUT2D eigenvalue weighted by molar-refractivity contribution is -0.117. The highest BCUT2D eigenvalue weighted by Gasteiger charge is 2.31. The van der Waals surface area contributed by atoms with Crippen LogP contribution in [-0.4, -0.2) is 34.2 Å². The standard InChI is InChI=1S/C18H19Cl2NO6S2/c1-3-28(23,24)14-5-6-16(15(20)10-14)27-13-8-11(7-12(19)9-13)17(18(21)22)29(25,26)4-2/h5-10,17H,3-4H2,1-2H3,(H2,21,22). The van der Waals surface area contributed by atoms with Gasteiger partial charge in [0.1, 0.15) is 11.5 Å². The summed E-state index contributed by atoms with van der Waals surface area (Å²) < 4.78 is 54.1. The number of nitrogens with two attached hydrogens (primary N) is 1. The predicted octanol–water partition coefficient (Wildman–Crippen LogP) is 3.54. The molecule has 7 nitrogen and oxygen atoms in total. The van der Waals surface area contributed by atoms with Crippen LogP contribution in [0.5, 0.6) is 11.5 Å². The first-order valence-electron chi connectivity index (χ1n) is 8.42. The number of sulfone groups is 2. The first kappa shape index (κ1) is 23.5. The maximum atomic E-state index is 12.3. The molecular formula is C18H19Cl2NO6S2. The summed E-state index contributed by atoms with van der Waals surface area (Å²) in [4.78, 5) is 11.8. The molecule has 0 saturated heterocycles. The fraction of sp³-hybridized carbons (Fsp3) is 0.278. The monoisotopic (exact) mass is 479 g/mol. The molecule has 2 N–H and O–H groups in total. The first-order valence-corrected chi connectivity index (χ1v) is 12.5. The van der Waals surface area contributed by atoms with Gasteiger partial charge in [0.2, 0.25) is 5.91 Å². The number of benzene rings is 2. The number of primary amides is 1. The van der Waals surface area contributed by atoms with E-state index < -0.39 is 30.8 Å². The van der Waals surface area contributed by atoms with Gasteiger partial charge in [0, 0.05) is 10.8 Å². The molecule has 0 aliphatic carbocycles. The second-order valence-electron chi connectivity index (χ2n) is 6.05. The van der Waals surface area contributed by atoms with Crippen LogP contribution in [-0.2, 0) is 24.5 Å². The lowest BCUT2D eigenvalue weighted by Gasteiger charge is -2.16. The fourth-order valence-electron chi connectivity index (χ4n) is 2.56. The Morgan fingerprint density at radius 3 is 2.21 bits per heavy atom. The molecular weight excluding hydrogens is 461 g/mol. The molecule has 0 aliphatic heterocycles. The van der Waals surface area contributed by atoms with Crippen molar-refractivity contribution >= 4 is 48.8 Å². The summed E-state index contributed by atoms with van der Waals surface area (Å²) in [6, 6.07) is 8.01. The van der Waals surface area contributed by atoms with Crippen LogP contribution >= 0.6 is 23.2 Å². The maximum absolute atomic E-state index is 12.3. The third-order valence-corrected chi connectivity index (χ3v) is 8.36. The van der Waals surface area contributed by atoms with Crippen LogP contribution in [0.1, 0.15) is 24.7 Å². The number of halogens is 2. The van der Waals surface area contributed by atoms with Crippen molar-refractivity contribution in [1.29, 1.82) is 0 Å². The van der Waals surface area contributed by atoms with Crippen molar-refractivity contribution in [2.24, 2.45) is 5.73 Å². The normalized spacial score (nSPS) is 13.1. The number of carbonyl (C=O) groups excluding carboxylic acids is 1. The second kappa shape index (κ2) is 8.91. The quantitative estimate of drug-likeness (QED) is 0.617. The van der Waals surface area contributed by atoms with Crippen LogP contribution in [0.2, 0.25) is 10.0 Å². The molecule has 11 heteroatoms. The average molecular weight is 480 g/mol. The third-order valence-electron chi connectivity index (χ3n) is 4.09. The van der Waals surface area contributed by atoms with E-state index in [0.29, 0.717) is 0 Å². The van der Waals surface area contributed by atoms with Crippen molar-refractivity contribution in [3.63, 3.8) is 0 Å². The van der Waals surface area contributed by atoms with Crippen molar-refractivity contribution in [3.8, 4) is 11.5 Å². The number of hydrogen-bond donors (Lipinski definition) is 1. The summed E-state index contributed by atoms with van der Waals surface area (Å²) in [6.07, 6.45) is 0. The van der Waals surface area contributed by atoms with Gasteiger partial charge in [-0.3, -0.25) is 4.79 Å². The highest BCUT2D eigenvalue weighted by Crippen LogP contribution is 2.35. The van der Waals surface area contributed by atoms with E-state index in [-0.39, 0.29) is 43.5 Å². The van der Waals surface area contributed by atoms with E-state index in [2.05, 4.69) is 0 Å². The first-order chi connectivity index (χ1) is 13.4. The molecule has 2 aromatic rings. The van der Waals surface area contributed by atoms with Crippen LogP contribution in [0.4, 0.5) is 0 Å². The molecule has 2 rings (SSSR count). The van der Waals surface area contributed by atoms with Crippen LogP contribution in [0.3, 0.4) is 0 Å². The predicted molar refractivity (Wildman–Crippen MR) is 112 cm³/mol. The zero-order chi connectivity index (χ0) is 22.0. The molecule has 1 unspecified atom stereocenters. The summed E-state index contributed by atoms with van der Waals surface area (Å²) >= 11 is 12.2. The topological polar surface area (TPSA) is 121 Å². The maximum Gasteiger partial charge on any atom is 0.240 e. The molecule has 2 aromatic carbocycles. The Labute approximate surface area is 179 Å². The van der Waals surface area contributed by atoms with Crippen LogP contribution < -0.4 is 10.5 Å². The second-order valence-corrected chi connectivity index (χ2v) is 11.5. The van der Waals surface area contributed by atoms with Gasteiger partial charge in [-0.2, -0.15) is 0 Å². The fourth-order valence-corrected chi connectivity index (χ4v) is 5.22. The molecule has 0 aliphatic rings. The van der Waals surface area contributed by atoms with Crippen molar-refractivity contribution in [3.05, 3.63) is 52.0 Å². The molecule has 0 aromatic heterocycles. The van der Waals surface area contributed by atoms with Gasteiger partial charge in [-0.05, 0) is 42.0 Å². The zero-order valence-electron chi connectivity index (χ0n) is 15.6. The SMILES string of the molecule is CCS(=O)(=O)c1ccc(Oc2cc(Cl)cc(C(C(N)=O)S(=O)(=O)CC)c2)c(Cl)c1. The molecule has 158 valence electrons. The van der Waals surface area contributed by atoms with Gasteiger partial charge in [0.25, 0.3) is 0 Å². The molecule has 0 spiro atoms. The van der Waals surface area contributed by atoms with Gasteiger partial charge in [-0.1, -0.05) is 37.0 Å². The molecule has 0 saturated carbocycles. The van der Waals surface area contributed by atoms with E-state index in [1.165, 1.54) is 50.2 Å². The molecule has 0 bridgehead atoms. The van der Waals surface area contributed by atoms with Gasteiger partial charge in [-0.25, -0.2) is 16.8 Å². The Morgan fingerprint density at radius 1 is 1.03 bits per heavy atom. The number of amides is 1. The minimum Gasteiger partial charge on any atom is -0.456 e. The van der Waals surface area contributed by atoms with Crippen LogP contribution in [0, 0.1) is 0 Å². The summed E-state index contributed by atoms with van der Waals surface area (Å²) in [5.74, 6) is -1.17. The smallest absolute Gasteiger partial charge is 0.240 e. The third kappa shape index (κ3) is 5.42. The summed E-state index contributed by atoms with van der Waals surface area (Å²) in [5.41, 5.74) is 5.36. The zero-order valence-corrected chi connectivity index (χ0v) is 18.7. The molecule has 0 radical (unpaired) electrons. The molecule has 1 atom stereocenters. The number of ether oxygens (including phenoxy) is 1. The van der Waals surface area contributed by atoms with E-state index in [1.54, 1.807) is 0 Å². The van der Waals surface area contributed by atoms with E-state index >= 15 is 0 Å². The van der Waals surface area contributed by atoms with Gasteiger partial charge < -0.3 is 10.5 Å². The van der Waals surface area contributed by atoms with Crippen LogP contribution in [0.25, 0.3) is 0 Å². The summed E-state index contributed by atoms with van der Waals surface area (Å²) in [7, 11) is -7.28. The summed E-state index contributed by atoms with van der Waals surface area (Å²) in [6.45, 7) is 2.92. The molecule has 0 fully saturated rings. The van der Waals surface area contributed by atoms with E-state index in [1.807, 2.05) is 0 Å². The van der Waals surface area contributed by atoms with Crippen molar-refractivity contribution < 1.29 is 26.4 Å². The summed E-state index contributed by atoms with van der Waals surface area (Å²) in [5, 5.41) is -1.42. The van der Waals surface area contributed by atoms with E-state index in [0.717, 1.165) is 0 Å². The van der Waals surface area contributed by atoms with Gasteiger partial charge in [0.05, 0.1) is 15.7 Å². The average Bonchev–Trinajstić information content (AvgIpc) is 2.62. The Morgan fingerprint density at radius 2 is 1.69 bits per heavy atom. The van der Waals surface area contributed by atoms with E-state index in [4.69, 9.17) is 33.7 Å². The number of hydrogen-bond acceptors (Lipinski definition) is 6. The lowest BCUT2D eigenvalue weighted by atomic mass is 10.1. The Kier molecular flexibility index (Phi) is 7.21. The van der Waals surface area contributed by atoms with Crippen molar-refractivity contribution in [1.82, 2.24) is 0 Å². The molecule has 1 amide bonds.